The predicted molar refractivity (Wildman–Crippen MR) is 145 cm³/mol. The van der Waals surface area contributed by atoms with E-state index in [0.717, 1.165) is 11.1 Å². The molecule has 12 heteroatoms. The molecule has 4 aliphatic heterocycles. The maximum absolute atomic E-state index is 12.1. The summed E-state index contributed by atoms with van der Waals surface area (Å²) in [6, 6.07) is 14.5. The molecule has 8 unspecified atom stereocenters. The number of fused-ring (bicyclic) bond motifs is 6. The molecule has 2 aliphatic carbocycles. The number of cyclic esters (lactones) is 8. The third-order valence-electron chi connectivity index (χ3n) is 10.1. The number of ether oxygens (including phenoxy) is 4. The fraction of sp³-hybridized carbons (Fsp3) is 0.394. The largest absolute Gasteiger partial charge is 0.393 e. The van der Waals surface area contributed by atoms with E-state index in [-0.39, 0.29) is 25.2 Å². The van der Waals surface area contributed by atoms with Gasteiger partial charge in [0.05, 0.1) is 48.3 Å². The fourth-order valence-corrected chi connectivity index (χ4v) is 8.06. The minimum Gasteiger partial charge on any atom is -0.393 e. The van der Waals surface area contributed by atoms with Gasteiger partial charge >= 0.3 is 47.8 Å². The lowest BCUT2D eigenvalue weighted by Crippen LogP contribution is -2.43. The van der Waals surface area contributed by atoms with E-state index in [4.69, 9.17) is 14.2 Å². The average Bonchev–Trinajstić information content (AvgIpc) is 3.71. The Hall–Kier alpha value is -5.00. The fourth-order valence-electron chi connectivity index (χ4n) is 8.06. The standard InChI is InChI=1S/C17H14O6.C16H12O6/c1-17(11-6-12(18)22-15(11)20)7-9-13(16(21)23-14(9)19)8-4-2-3-5-10(8)17;17-12-6-10(14(18)21-12)9-5-11-13(16(20)22-15(11)19)8-4-2-1-3-7(8)9/h2-5,9,11,13H,6-7H2,1H3;1-4,9-11,13H,5-6H2. The molecule has 45 heavy (non-hydrogen) atoms. The summed E-state index contributed by atoms with van der Waals surface area (Å²) in [6.45, 7) is 1.85. The second-order valence-corrected chi connectivity index (χ2v) is 12.5. The van der Waals surface area contributed by atoms with Crippen LogP contribution in [0.5, 0.6) is 0 Å². The Labute approximate surface area is 255 Å². The second kappa shape index (κ2) is 10.3. The summed E-state index contributed by atoms with van der Waals surface area (Å²) in [6.07, 6.45) is 0.605. The highest BCUT2D eigenvalue weighted by atomic mass is 16.6. The van der Waals surface area contributed by atoms with Crippen LogP contribution in [-0.4, -0.2) is 47.8 Å². The summed E-state index contributed by atoms with van der Waals surface area (Å²) in [7, 11) is 0. The summed E-state index contributed by atoms with van der Waals surface area (Å²) in [5, 5.41) is 0. The van der Waals surface area contributed by atoms with Gasteiger partial charge in [-0.2, -0.15) is 0 Å². The molecule has 2 aromatic carbocycles. The van der Waals surface area contributed by atoms with Gasteiger partial charge in [0.2, 0.25) is 0 Å². The molecule has 8 rings (SSSR count). The van der Waals surface area contributed by atoms with E-state index in [0.29, 0.717) is 17.5 Å². The molecule has 8 atom stereocenters. The van der Waals surface area contributed by atoms with Crippen molar-refractivity contribution in [3.05, 3.63) is 70.8 Å². The Balaban J connectivity index is 0.000000145. The van der Waals surface area contributed by atoms with Crippen LogP contribution in [-0.2, 0) is 62.7 Å². The van der Waals surface area contributed by atoms with Crippen LogP contribution in [0.4, 0.5) is 0 Å². The van der Waals surface area contributed by atoms with Gasteiger partial charge in [-0.15, -0.1) is 0 Å². The van der Waals surface area contributed by atoms with E-state index in [1.165, 1.54) is 0 Å². The van der Waals surface area contributed by atoms with Crippen LogP contribution in [0, 0.1) is 23.7 Å². The highest BCUT2D eigenvalue weighted by molar-refractivity contribution is 6.02. The highest BCUT2D eigenvalue weighted by Gasteiger charge is 2.59. The third-order valence-corrected chi connectivity index (χ3v) is 10.1. The minimum absolute atomic E-state index is 0.00987. The van der Waals surface area contributed by atoms with Crippen molar-refractivity contribution in [2.24, 2.45) is 23.7 Å². The van der Waals surface area contributed by atoms with Crippen molar-refractivity contribution < 1.29 is 57.3 Å². The average molecular weight is 615 g/mol. The quantitative estimate of drug-likeness (QED) is 0.275. The van der Waals surface area contributed by atoms with Gasteiger partial charge in [-0.05, 0) is 41.0 Å². The molecule has 0 N–H and O–H groups in total. The zero-order valence-electron chi connectivity index (χ0n) is 23.9. The van der Waals surface area contributed by atoms with Crippen LogP contribution in [0.2, 0.25) is 0 Å². The molecule has 0 amide bonds. The Morgan fingerprint density at radius 1 is 0.533 bits per heavy atom. The van der Waals surface area contributed by atoms with Gasteiger partial charge in [-0.1, -0.05) is 55.5 Å². The van der Waals surface area contributed by atoms with Crippen LogP contribution in [0.25, 0.3) is 0 Å². The molecule has 6 aliphatic rings. The van der Waals surface area contributed by atoms with Crippen molar-refractivity contribution in [1.29, 1.82) is 0 Å². The van der Waals surface area contributed by atoms with E-state index >= 15 is 0 Å². The van der Waals surface area contributed by atoms with Crippen LogP contribution < -0.4 is 0 Å². The number of carbonyl (C=O) groups is 8. The number of benzene rings is 2. The molecular weight excluding hydrogens is 588 g/mol. The molecule has 0 aromatic heterocycles. The summed E-state index contributed by atoms with van der Waals surface area (Å²) in [5.41, 5.74) is 2.31. The number of carbonyl (C=O) groups excluding carboxylic acids is 8. The van der Waals surface area contributed by atoms with E-state index in [1.54, 1.807) is 24.3 Å². The van der Waals surface area contributed by atoms with Crippen molar-refractivity contribution >= 4 is 47.8 Å². The summed E-state index contributed by atoms with van der Waals surface area (Å²) >= 11 is 0. The Kier molecular flexibility index (Phi) is 6.57. The molecule has 2 aromatic rings. The maximum Gasteiger partial charge on any atom is 0.321 e. The number of esters is 8. The van der Waals surface area contributed by atoms with Crippen LogP contribution >= 0.6 is 0 Å². The number of hydrogen-bond acceptors (Lipinski definition) is 12. The molecule has 230 valence electrons. The Morgan fingerprint density at radius 3 is 1.69 bits per heavy atom. The first-order chi connectivity index (χ1) is 21.5. The lowest BCUT2D eigenvalue weighted by atomic mass is 9.58. The maximum atomic E-state index is 12.1. The first-order valence-electron chi connectivity index (χ1n) is 14.7. The molecule has 4 fully saturated rings. The van der Waals surface area contributed by atoms with Crippen molar-refractivity contribution in [3.8, 4) is 0 Å². The van der Waals surface area contributed by atoms with Gasteiger partial charge < -0.3 is 18.9 Å². The molecule has 0 spiro atoms. The zero-order valence-corrected chi connectivity index (χ0v) is 23.9. The normalized spacial score (nSPS) is 34.5. The molecule has 0 saturated carbocycles. The highest BCUT2D eigenvalue weighted by Crippen LogP contribution is 2.54. The first-order valence-corrected chi connectivity index (χ1v) is 14.7. The van der Waals surface area contributed by atoms with Gasteiger partial charge in [-0.25, -0.2) is 0 Å². The summed E-state index contributed by atoms with van der Waals surface area (Å²) < 4.78 is 18.9. The van der Waals surface area contributed by atoms with Gasteiger partial charge in [0, 0.05) is 5.41 Å². The smallest absolute Gasteiger partial charge is 0.321 e. The molecule has 0 bridgehead atoms. The first kappa shape index (κ1) is 28.8. The van der Waals surface area contributed by atoms with Crippen molar-refractivity contribution in [1.82, 2.24) is 0 Å². The van der Waals surface area contributed by atoms with Crippen LogP contribution in [0.3, 0.4) is 0 Å². The number of rotatable bonds is 2. The summed E-state index contributed by atoms with van der Waals surface area (Å²) in [5.74, 6) is -8.39. The number of hydrogen-bond donors (Lipinski definition) is 0. The molecule has 0 radical (unpaired) electrons. The third kappa shape index (κ3) is 4.41. The van der Waals surface area contributed by atoms with Gasteiger partial charge in [0.1, 0.15) is 0 Å². The predicted octanol–water partition coefficient (Wildman–Crippen LogP) is 2.27. The summed E-state index contributed by atoms with van der Waals surface area (Å²) in [4.78, 5) is 94.8. The van der Waals surface area contributed by atoms with Gasteiger partial charge in [-0.3, -0.25) is 38.4 Å². The van der Waals surface area contributed by atoms with Crippen molar-refractivity contribution in [2.75, 3.05) is 0 Å². The van der Waals surface area contributed by atoms with Crippen LogP contribution in [0.1, 0.15) is 72.6 Å². The monoisotopic (exact) mass is 614 g/mol. The molecule has 4 heterocycles. The Morgan fingerprint density at radius 2 is 1.07 bits per heavy atom. The topological polar surface area (TPSA) is 173 Å². The van der Waals surface area contributed by atoms with E-state index in [1.807, 2.05) is 31.2 Å². The van der Waals surface area contributed by atoms with Crippen LogP contribution in [0.15, 0.2) is 48.5 Å². The van der Waals surface area contributed by atoms with Crippen molar-refractivity contribution in [2.45, 2.75) is 55.8 Å². The second-order valence-electron chi connectivity index (χ2n) is 12.5. The van der Waals surface area contributed by atoms with Crippen molar-refractivity contribution in [3.63, 3.8) is 0 Å². The zero-order chi connectivity index (χ0) is 31.8. The minimum atomic E-state index is -0.745. The van der Waals surface area contributed by atoms with E-state index < -0.39 is 88.7 Å². The Bertz CT molecular complexity index is 1740. The molecule has 12 nitrogen and oxygen atoms in total. The molecule has 4 saturated heterocycles. The van der Waals surface area contributed by atoms with E-state index in [9.17, 15) is 38.4 Å². The SMILES string of the molecule is CC1(C2CC(=O)OC2=O)CC2C(=O)OC(=O)C2c2ccccc21.O=C1CC(C2CC3C(=O)OC(=O)C3c3ccccc32)C(=O)O1. The van der Waals surface area contributed by atoms with Gasteiger partial charge in [0.25, 0.3) is 0 Å². The van der Waals surface area contributed by atoms with E-state index in [2.05, 4.69) is 4.74 Å². The lowest BCUT2D eigenvalue weighted by molar-refractivity contribution is -0.156. The molecular formula is C33H26O12. The van der Waals surface area contributed by atoms with Gasteiger partial charge in [0.15, 0.2) is 0 Å². The lowest BCUT2D eigenvalue weighted by Gasteiger charge is -2.41.